The molecule has 0 spiro atoms. The van der Waals surface area contributed by atoms with Crippen molar-refractivity contribution in [2.75, 3.05) is 32.8 Å². The monoisotopic (exact) mass is 280 g/mol. The Kier molecular flexibility index (Phi) is 3.73. The molecule has 0 saturated carbocycles. The third-order valence-electron chi connectivity index (χ3n) is 5.02. The summed E-state index contributed by atoms with van der Waals surface area (Å²) in [6.07, 6.45) is 4.81. The highest BCUT2D eigenvalue weighted by molar-refractivity contribution is 5.67. The van der Waals surface area contributed by atoms with E-state index in [2.05, 4.69) is 11.5 Å². The first-order valence-electron chi connectivity index (χ1n) is 7.61. The topological polar surface area (TPSA) is 53.0 Å². The van der Waals surface area contributed by atoms with E-state index >= 15 is 0 Å². The van der Waals surface area contributed by atoms with Gasteiger partial charge in [-0.25, -0.2) is 4.79 Å². The summed E-state index contributed by atoms with van der Waals surface area (Å²) in [5.74, 6) is 0. The van der Waals surface area contributed by atoms with Crippen LogP contribution in [0.3, 0.4) is 0 Å². The molecule has 0 aromatic carbocycles. The van der Waals surface area contributed by atoms with Crippen LogP contribution >= 0.6 is 0 Å². The normalized spacial score (nSPS) is 33.8. The Hall–Kier alpha value is -1.07. The van der Waals surface area contributed by atoms with Crippen LogP contribution in [0.25, 0.3) is 0 Å². The van der Waals surface area contributed by atoms with Gasteiger partial charge in [0.2, 0.25) is 0 Å². The first-order chi connectivity index (χ1) is 9.64. The Labute approximate surface area is 120 Å². The fourth-order valence-corrected chi connectivity index (χ4v) is 3.93. The molecule has 1 amide bonds. The standard InChI is InChI=1S/C15H24N2O3/c1-12-8-15(11-18)5-4-13(17(15)9-12)10-20-14(19)16-6-2-3-7-16/h13,18H,1-11H2/t13-,15-/m0/s1. The molecule has 5 nitrogen and oxygen atoms in total. The number of fused-ring (bicyclic) bond motifs is 1. The van der Waals surface area contributed by atoms with Crippen LogP contribution in [-0.4, -0.2) is 65.4 Å². The lowest BCUT2D eigenvalue weighted by atomic mass is 9.94. The molecule has 3 saturated heterocycles. The van der Waals surface area contributed by atoms with Crippen LogP contribution in [0.5, 0.6) is 0 Å². The van der Waals surface area contributed by atoms with Gasteiger partial charge in [-0.1, -0.05) is 12.2 Å². The van der Waals surface area contributed by atoms with E-state index in [1.54, 1.807) is 4.90 Å². The van der Waals surface area contributed by atoms with Gasteiger partial charge in [0.05, 0.1) is 6.61 Å². The molecule has 3 rings (SSSR count). The van der Waals surface area contributed by atoms with Gasteiger partial charge in [0, 0.05) is 31.2 Å². The Balaban J connectivity index is 1.56. The van der Waals surface area contributed by atoms with E-state index in [4.69, 9.17) is 4.74 Å². The van der Waals surface area contributed by atoms with Crippen LogP contribution in [-0.2, 0) is 4.74 Å². The lowest BCUT2D eigenvalue weighted by molar-refractivity contribution is 0.0429. The van der Waals surface area contributed by atoms with Crippen molar-refractivity contribution >= 4 is 6.09 Å². The number of aliphatic hydroxyl groups is 1. The summed E-state index contributed by atoms with van der Waals surface area (Å²) in [6, 6.07) is 0.230. The van der Waals surface area contributed by atoms with Crippen LogP contribution < -0.4 is 0 Å². The Morgan fingerprint density at radius 1 is 1.45 bits per heavy atom. The highest BCUT2D eigenvalue weighted by Crippen LogP contribution is 2.43. The van der Waals surface area contributed by atoms with Crippen molar-refractivity contribution in [3.8, 4) is 0 Å². The van der Waals surface area contributed by atoms with Crippen molar-refractivity contribution in [2.24, 2.45) is 0 Å². The molecule has 2 atom stereocenters. The molecule has 0 aromatic heterocycles. The number of ether oxygens (including phenoxy) is 1. The average molecular weight is 280 g/mol. The second-order valence-electron chi connectivity index (χ2n) is 6.40. The summed E-state index contributed by atoms with van der Waals surface area (Å²) in [6.45, 7) is 7.13. The number of carbonyl (C=O) groups excluding carboxylic acids is 1. The fraction of sp³-hybridized carbons (Fsp3) is 0.800. The molecule has 112 valence electrons. The van der Waals surface area contributed by atoms with E-state index in [1.807, 2.05) is 0 Å². The van der Waals surface area contributed by atoms with Gasteiger partial charge < -0.3 is 14.7 Å². The largest absolute Gasteiger partial charge is 0.448 e. The van der Waals surface area contributed by atoms with E-state index in [0.29, 0.717) is 6.61 Å². The molecule has 1 N–H and O–H groups in total. The lowest BCUT2D eigenvalue weighted by Gasteiger charge is -2.32. The maximum Gasteiger partial charge on any atom is 0.409 e. The second-order valence-corrected chi connectivity index (χ2v) is 6.40. The van der Waals surface area contributed by atoms with E-state index in [9.17, 15) is 9.90 Å². The van der Waals surface area contributed by atoms with Crippen LogP contribution in [0.2, 0.25) is 0 Å². The maximum absolute atomic E-state index is 11.9. The first kappa shape index (κ1) is 13.9. The average Bonchev–Trinajstić information content (AvgIpc) is 3.11. The van der Waals surface area contributed by atoms with Crippen molar-refractivity contribution in [1.29, 1.82) is 0 Å². The van der Waals surface area contributed by atoms with Crippen molar-refractivity contribution in [3.05, 3.63) is 12.2 Å². The lowest BCUT2D eigenvalue weighted by Crippen LogP contribution is -2.46. The fourth-order valence-electron chi connectivity index (χ4n) is 3.93. The Bertz CT molecular complexity index is 406. The number of amides is 1. The zero-order valence-electron chi connectivity index (χ0n) is 12.0. The molecule has 3 heterocycles. The minimum Gasteiger partial charge on any atom is -0.448 e. The summed E-state index contributed by atoms with van der Waals surface area (Å²) < 4.78 is 5.48. The number of hydrogen-bond donors (Lipinski definition) is 1. The van der Waals surface area contributed by atoms with Crippen molar-refractivity contribution in [1.82, 2.24) is 9.80 Å². The molecule has 20 heavy (non-hydrogen) atoms. The third kappa shape index (κ3) is 2.33. The van der Waals surface area contributed by atoms with Gasteiger partial charge in [-0.2, -0.15) is 0 Å². The highest BCUT2D eigenvalue weighted by Gasteiger charge is 2.50. The SMILES string of the molecule is C=C1CN2[C@H](COC(=O)N3CCCC3)CC[C@@]2(CO)C1. The van der Waals surface area contributed by atoms with Crippen molar-refractivity contribution in [2.45, 2.75) is 43.7 Å². The van der Waals surface area contributed by atoms with E-state index in [0.717, 1.165) is 51.7 Å². The van der Waals surface area contributed by atoms with Gasteiger partial charge in [-0.3, -0.25) is 4.90 Å². The van der Waals surface area contributed by atoms with Crippen molar-refractivity contribution in [3.63, 3.8) is 0 Å². The third-order valence-corrected chi connectivity index (χ3v) is 5.02. The first-order valence-corrected chi connectivity index (χ1v) is 7.61. The summed E-state index contributed by atoms with van der Waals surface area (Å²) in [7, 11) is 0. The molecule has 3 aliphatic heterocycles. The molecule has 0 aliphatic carbocycles. The molecule has 0 aromatic rings. The van der Waals surface area contributed by atoms with Crippen LogP contribution in [0.15, 0.2) is 12.2 Å². The molecule has 0 unspecified atom stereocenters. The summed E-state index contributed by atoms with van der Waals surface area (Å²) >= 11 is 0. The number of aliphatic hydroxyl groups excluding tert-OH is 1. The van der Waals surface area contributed by atoms with Crippen molar-refractivity contribution < 1.29 is 14.6 Å². The number of hydrogen-bond acceptors (Lipinski definition) is 4. The maximum atomic E-state index is 11.9. The minimum absolute atomic E-state index is 0.137. The molecule has 3 aliphatic rings. The van der Waals surface area contributed by atoms with E-state index in [1.165, 1.54) is 5.57 Å². The smallest absolute Gasteiger partial charge is 0.409 e. The molecule has 0 radical (unpaired) electrons. The number of likely N-dealkylation sites (tertiary alicyclic amines) is 1. The number of rotatable bonds is 3. The van der Waals surface area contributed by atoms with Crippen LogP contribution in [0.1, 0.15) is 32.1 Å². The van der Waals surface area contributed by atoms with Crippen LogP contribution in [0.4, 0.5) is 4.79 Å². The Morgan fingerprint density at radius 3 is 2.90 bits per heavy atom. The summed E-state index contributed by atoms with van der Waals surface area (Å²) in [4.78, 5) is 16.0. The van der Waals surface area contributed by atoms with E-state index in [-0.39, 0.29) is 24.3 Å². The number of nitrogens with zero attached hydrogens (tertiary/aromatic N) is 2. The molecule has 5 heteroatoms. The molecular formula is C15H24N2O3. The second kappa shape index (κ2) is 5.37. The molecular weight excluding hydrogens is 256 g/mol. The summed E-state index contributed by atoms with van der Waals surface area (Å²) in [5, 5.41) is 9.71. The van der Waals surface area contributed by atoms with E-state index < -0.39 is 0 Å². The highest BCUT2D eigenvalue weighted by atomic mass is 16.6. The van der Waals surface area contributed by atoms with Gasteiger partial charge in [0.15, 0.2) is 0 Å². The summed E-state index contributed by atoms with van der Waals surface area (Å²) in [5.41, 5.74) is 1.04. The zero-order valence-corrected chi connectivity index (χ0v) is 12.0. The zero-order chi connectivity index (χ0) is 14.2. The predicted octanol–water partition coefficient (Wildman–Crippen LogP) is 1.37. The van der Waals surface area contributed by atoms with Gasteiger partial charge in [-0.15, -0.1) is 0 Å². The Morgan fingerprint density at radius 2 is 2.20 bits per heavy atom. The van der Waals surface area contributed by atoms with Gasteiger partial charge in [0.25, 0.3) is 0 Å². The van der Waals surface area contributed by atoms with Gasteiger partial charge in [0.1, 0.15) is 6.61 Å². The quantitative estimate of drug-likeness (QED) is 0.793. The molecule has 3 fully saturated rings. The minimum atomic E-state index is -0.179. The number of carbonyl (C=O) groups is 1. The van der Waals surface area contributed by atoms with Gasteiger partial charge in [-0.05, 0) is 32.1 Å². The predicted molar refractivity (Wildman–Crippen MR) is 75.5 cm³/mol. The van der Waals surface area contributed by atoms with Crippen LogP contribution in [0, 0.1) is 0 Å². The van der Waals surface area contributed by atoms with Gasteiger partial charge >= 0.3 is 6.09 Å². The molecule has 0 bridgehead atoms.